The van der Waals surface area contributed by atoms with Crippen molar-refractivity contribution in [1.29, 1.82) is 0 Å². The van der Waals surface area contributed by atoms with Gasteiger partial charge in [-0.25, -0.2) is 0 Å². The van der Waals surface area contributed by atoms with Gasteiger partial charge >= 0.3 is 0 Å². The van der Waals surface area contributed by atoms with Crippen molar-refractivity contribution in [1.82, 2.24) is 5.32 Å². The highest BCUT2D eigenvalue weighted by molar-refractivity contribution is 5.95. The molecular formula is C22H28N2O3. The van der Waals surface area contributed by atoms with Gasteiger partial charge in [0.05, 0.1) is 0 Å². The van der Waals surface area contributed by atoms with Gasteiger partial charge in [0.15, 0.2) is 6.61 Å². The Morgan fingerprint density at radius 3 is 2.26 bits per heavy atom. The number of hydrogen-bond acceptors (Lipinski definition) is 3. The molecule has 1 aromatic rings. The predicted octanol–water partition coefficient (Wildman–Crippen LogP) is 3.28. The largest absolute Gasteiger partial charge is 0.484 e. The second kappa shape index (κ2) is 6.54. The molecule has 1 aromatic carbocycles. The van der Waals surface area contributed by atoms with Crippen molar-refractivity contribution in [3.05, 3.63) is 24.3 Å². The molecule has 0 atom stereocenters. The van der Waals surface area contributed by atoms with E-state index in [1.54, 1.807) is 0 Å². The van der Waals surface area contributed by atoms with E-state index in [2.05, 4.69) is 5.32 Å². The lowest BCUT2D eigenvalue weighted by atomic mass is 9.53. The fraction of sp³-hybridized carbons (Fsp3) is 0.636. The number of nitrogens with one attached hydrogen (secondary N) is 1. The topological polar surface area (TPSA) is 58.6 Å². The first-order chi connectivity index (χ1) is 13.1. The van der Waals surface area contributed by atoms with Crippen LogP contribution in [0, 0.1) is 17.8 Å². The van der Waals surface area contributed by atoms with Gasteiger partial charge in [-0.3, -0.25) is 9.59 Å². The first-order valence-corrected chi connectivity index (χ1v) is 10.4. The van der Waals surface area contributed by atoms with Crippen molar-refractivity contribution in [2.45, 2.75) is 56.9 Å². The van der Waals surface area contributed by atoms with Crippen LogP contribution in [0.3, 0.4) is 0 Å². The third kappa shape index (κ3) is 3.32. The van der Waals surface area contributed by atoms with Crippen molar-refractivity contribution in [2.24, 2.45) is 17.8 Å². The van der Waals surface area contributed by atoms with E-state index in [-0.39, 0.29) is 24.0 Å². The molecule has 4 aliphatic carbocycles. The van der Waals surface area contributed by atoms with Gasteiger partial charge < -0.3 is 15.0 Å². The van der Waals surface area contributed by atoms with Crippen molar-refractivity contribution in [3.63, 3.8) is 0 Å². The van der Waals surface area contributed by atoms with Gasteiger partial charge in [-0.05, 0) is 87.0 Å². The average molecular weight is 368 g/mol. The molecule has 0 aromatic heterocycles. The monoisotopic (exact) mass is 368 g/mol. The van der Waals surface area contributed by atoms with Crippen LogP contribution in [0.15, 0.2) is 24.3 Å². The van der Waals surface area contributed by atoms with Crippen molar-refractivity contribution < 1.29 is 14.3 Å². The summed E-state index contributed by atoms with van der Waals surface area (Å²) in [7, 11) is 0. The van der Waals surface area contributed by atoms with Gasteiger partial charge in [0, 0.05) is 24.2 Å². The van der Waals surface area contributed by atoms with Gasteiger partial charge in [0.25, 0.3) is 5.91 Å². The maximum Gasteiger partial charge on any atom is 0.258 e. The quantitative estimate of drug-likeness (QED) is 0.868. The van der Waals surface area contributed by atoms with Crippen LogP contribution in [0.4, 0.5) is 5.69 Å². The SMILES string of the molecule is O=C(COc1ccc(N2CCCC2=O)cc1)NC12CC3CC(CC(C3)C1)C2. The second-order valence-electron chi connectivity index (χ2n) is 9.18. The minimum atomic E-state index is -0.00394. The third-order valence-corrected chi connectivity index (χ3v) is 7.03. The van der Waals surface area contributed by atoms with Crippen molar-refractivity contribution in [2.75, 3.05) is 18.1 Å². The van der Waals surface area contributed by atoms with E-state index >= 15 is 0 Å². The molecule has 0 spiro atoms. The zero-order chi connectivity index (χ0) is 18.4. The molecule has 6 rings (SSSR count). The minimum absolute atomic E-state index is 0.00394. The van der Waals surface area contributed by atoms with Crippen LogP contribution >= 0.6 is 0 Å². The number of amides is 2. The Kier molecular flexibility index (Phi) is 4.14. The van der Waals surface area contributed by atoms with Crippen molar-refractivity contribution in [3.8, 4) is 5.75 Å². The molecule has 1 saturated heterocycles. The first-order valence-electron chi connectivity index (χ1n) is 10.4. The first kappa shape index (κ1) is 17.1. The number of benzene rings is 1. The molecule has 27 heavy (non-hydrogen) atoms. The Hall–Kier alpha value is -2.04. The molecule has 1 heterocycles. The summed E-state index contributed by atoms with van der Waals surface area (Å²) in [5, 5.41) is 3.34. The van der Waals surface area contributed by atoms with Crippen LogP contribution in [-0.4, -0.2) is 30.5 Å². The number of nitrogens with zero attached hydrogens (tertiary/aromatic N) is 1. The van der Waals surface area contributed by atoms with E-state index in [0.29, 0.717) is 12.2 Å². The minimum Gasteiger partial charge on any atom is -0.484 e. The lowest BCUT2D eigenvalue weighted by Gasteiger charge is -2.56. The van der Waals surface area contributed by atoms with Gasteiger partial charge in [-0.2, -0.15) is 0 Å². The van der Waals surface area contributed by atoms with E-state index in [9.17, 15) is 9.59 Å². The predicted molar refractivity (Wildman–Crippen MR) is 103 cm³/mol. The molecule has 4 saturated carbocycles. The highest BCUT2D eigenvalue weighted by Gasteiger charge is 2.51. The summed E-state index contributed by atoms with van der Waals surface area (Å²) in [4.78, 5) is 26.2. The molecule has 144 valence electrons. The van der Waals surface area contributed by atoms with Crippen LogP contribution < -0.4 is 15.0 Å². The van der Waals surface area contributed by atoms with Crippen molar-refractivity contribution >= 4 is 17.5 Å². The molecule has 1 N–H and O–H groups in total. The molecule has 0 unspecified atom stereocenters. The van der Waals surface area contributed by atoms with E-state index < -0.39 is 0 Å². The normalized spacial score (nSPS) is 34.1. The van der Waals surface area contributed by atoms with Gasteiger partial charge in [0.2, 0.25) is 5.91 Å². The van der Waals surface area contributed by atoms with E-state index in [4.69, 9.17) is 4.74 Å². The van der Waals surface area contributed by atoms with Crippen LogP contribution in [-0.2, 0) is 9.59 Å². The smallest absolute Gasteiger partial charge is 0.258 e. The lowest BCUT2D eigenvalue weighted by Crippen LogP contribution is -2.60. The summed E-state index contributed by atoms with van der Waals surface area (Å²) < 4.78 is 5.71. The zero-order valence-corrected chi connectivity index (χ0v) is 15.8. The Bertz CT molecular complexity index is 707. The maximum atomic E-state index is 12.5. The highest BCUT2D eigenvalue weighted by atomic mass is 16.5. The maximum absolute atomic E-state index is 12.5. The van der Waals surface area contributed by atoms with Gasteiger partial charge in [0.1, 0.15) is 5.75 Å². The van der Waals surface area contributed by atoms with Gasteiger partial charge in [-0.15, -0.1) is 0 Å². The summed E-state index contributed by atoms with van der Waals surface area (Å²) in [5.41, 5.74) is 0.942. The number of anilines is 1. The molecule has 5 aliphatic rings. The van der Waals surface area contributed by atoms with E-state index in [1.165, 1.54) is 19.3 Å². The highest BCUT2D eigenvalue weighted by Crippen LogP contribution is 2.55. The number of carbonyl (C=O) groups is 2. The molecule has 1 aliphatic heterocycles. The Labute approximate surface area is 160 Å². The molecule has 4 bridgehead atoms. The molecule has 5 fully saturated rings. The molecule has 5 heteroatoms. The summed E-state index contributed by atoms with van der Waals surface area (Å²) in [6.45, 7) is 0.844. The number of carbonyl (C=O) groups excluding carboxylic acids is 2. The van der Waals surface area contributed by atoms with Crippen LogP contribution in [0.25, 0.3) is 0 Å². The standard InChI is InChI=1S/C22H28N2O3/c25-20(23-22-11-15-8-16(12-22)10-17(9-15)13-22)14-27-19-5-3-18(4-6-19)24-7-1-2-21(24)26/h3-6,15-17H,1-2,7-14H2,(H,23,25). The molecule has 0 radical (unpaired) electrons. The fourth-order valence-corrected chi connectivity index (χ4v) is 6.39. The summed E-state index contributed by atoms with van der Waals surface area (Å²) in [5.74, 6) is 3.30. The van der Waals surface area contributed by atoms with Crippen LogP contribution in [0.1, 0.15) is 51.4 Å². The Morgan fingerprint density at radius 1 is 1.07 bits per heavy atom. The molecule has 5 nitrogen and oxygen atoms in total. The Morgan fingerprint density at radius 2 is 1.70 bits per heavy atom. The summed E-state index contributed by atoms with van der Waals surface area (Å²) >= 11 is 0. The Balaban J connectivity index is 1.16. The summed E-state index contributed by atoms with van der Waals surface area (Å²) in [6.07, 6.45) is 9.13. The fourth-order valence-electron chi connectivity index (χ4n) is 6.39. The number of hydrogen-bond donors (Lipinski definition) is 1. The van der Waals surface area contributed by atoms with Crippen LogP contribution in [0.2, 0.25) is 0 Å². The molecule has 2 amide bonds. The second-order valence-corrected chi connectivity index (χ2v) is 9.18. The van der Waals surface area contributed by atoms with E-state index in [0.717, 1.165) is 55.7 Å². The number of rotatable bonds is 5. The number of ether oxygens (including phenoxy) is 1. The molecular weight excluding hydrogens is 340 g/mol. The van der Waals surface area contributed by atoms with Gasteiger partial charge in [-0.1, -0.05) is 0 Å². The van der Waals surface area contributed by atoms with E-state index in [1.807, 2.05) is 29.2 Å². The average Bonchev–Trinajstić information content (AvgIpc) is 3.05. The summed E-state index contributed by atoms with van der Waals surface area (Å²) in [6, 6.07) is 7.49. The zero-order valence-electron chi connectivity index (χ0n) is 15.8. The van der Waals surface area contributed by atoms with Crippen LogP contribution in [0.5, 0.6) is 5.75 Å². The third-order valence-electron chi connectivity index (χ3n) is 7.03. The lowest BCUT2D eigenvalue weighted by molar-refractivity contribution is -0.128.